The molecule has 9 heteroatoms. The molecule has 1 amide bonds. The monoisotopic (exact) mass is 458 g/mol. The number of nitrogens with zero attached hydrogens (tertiary/aromatic N) is 4. The summed E-state index contributed by atoms with van der Waals surface area (Å²) in [6, 6.07) is 7.50. The first-order valence-corrected chi connectivity index (χ1v) is 11.2. The van der Waals surface area contributed by atoms with Crippen molar-refractivity contribution in [3.63, 3.8) is 0 Å². The van der Waals surface area contributed by atoms with E-state index in [0.717, 1.165) is 33.4 Å². The molecule has 2 bridgehead atoms. The van der Waals surface area contributed by atoms with Crippen LogP contribution in [0.5, 0.6) is 11.6 Å². The van der Waals surface area contributed by atoms with Crippen LogP contribution in [0.25, 0.3) is 34.3 Å². The highest BCUT2D eigenvalue weighted by atomic mass is 16.5. The van der Waals surface area contributed by atoms with Crippen molar-refractivity contribution in [2.45, 2.75) is 26.3 Å². The number of aromatic amines is 1. The number of carbonyl (C=O) groups is 1. The molecule has 0 saturated carbocycles. The molecular weight excluding hydrogens is 432 g/mol. The number of hydrogen-bond donors (Lipinski definition) is 2. The molecule has 0 unspecified atom stereocenters. The summed E-state index contributed by atoms with van der Waals surface area (Å²) in [5.41, 5.74) is 4.59. The molecule has 1 aliphatic rings. The third-order valence-electron chi connectivity index (χ3n) is 5.54. The Morgan fingerprint density at radius 1 is 1.15 bits per heavy atom. The number of benzene rings is 1. The Hall–Kier alpha value is -4.14. The van der Waals surface area contributed by atoms with Crippen LogP contribution in [0.2, 0.25) is 0 Å². The van der Waals surface area contributed by atoms with Crippen LogP contribution in [0.4, 0.5) is 0 Å². The highest BCUT2D eigenvalue weighted by molar-refractivity contribution is 5.96. The van der Waals surface area contributed by atoms with Crippen LogP contribution in [-0.2, 0) is 7.05 Å². The molecule has 0 atom stereocenters. The quantitative estimate of drug-likeness (QED) is 0.473. The first kappa shape index (κ1) is 21.7. The standard InChI is InChI=1S/C25H26N6O3/c1-15(2)28-24(32)17-6-5-16-7-8-20-18-12-21(26-14-22(18)30-29-20)19-13-27-31(3)25(19)34-10-4-9-33-23(16)11-17/h5-8,11-15H,4,9-10H2,1-3H3,(H,28,32)(H,29,30)/b8-7+. The largest absolute Gasteiger partial charge is 0.493 e. The second-order valence-electron chi connectivity index (χ2n) is 8.48. The number of carbonyl (C=O) groups excluding carboxylic acids is 1. The van der Waals surface area contributed by atoms with Crippen molar-refractivity contribution in [3.8, 4) is 22.9 Å². The van der Waals surface area contributed by atoms with Crippen molar-refractivity contribution in [2.24, 2.45) is 7.05 Å². The van der Waals surface area contributed by atoms with Crippen molar-refractivity contribution >= 4 is 29.0 Å². The molecule has 174 valence electrons. The summed E-state index contributed by atoms with van der Waals surface area (Å²) >= 11 is 0. The van der Waals surface area contributed by atoms with Crippen LogP contribution in [0.3, 0.4) is 0 Å². The van der Waals surface area contributed by atoms with Gasteiger partial charge in [-0.25, -0.2) is 4.68 Å². The number of hydrogen-bond acceptors (Lipinski definition) is 6. The van der Waals surface area contributed by atoms with Crippen molar-refractivity contribution in [1.82, 2.24) is 30.3 Å². The number of amides is 1. The molecule has 0 aliphatic carbocycles. The molecule has 34 heavy (non-hydrogen) atoms. The van der Waals surface area contributed by atoms with Crippen LogP contribution in [0, 0.1) is 0 Å². The lowest BCUT2D eigenvalue weighted by atomic mass is 10.1. The SMILES string of the molecule is CC(C)NC(=O)c1ccc2c(c1)OCCCOc1c(cnn1C)-c1cc3c(n[nH]c3cn1)/C=C/2. The lowest BCUT2D eigenvalue weighted by Gasteiger charge is -2.13. The van der Waals surface area contributed by atoms with E-state index in [2.05, 4.69) is 25.6 Å². The van der Waals surface area contributed by atoms with E-state index < -0.39 is 0 Å². The number of fused-ring (bicyclic) bond motifs is 4. The molecule has 2 N–H and O–H groups in total. The maximum atomic E-state index is 12.5. The minimum absolute atomic E-state index is 0.0484. The molecule has 9 nitrogen and oxygen atoms in total. The van der Waals surface area contributed by atoms with Crippen LogP contribution >= 0.6 is 0 Å². The number of nitrogens with one attached hydrogen (secondary N) is 2. The van der Waals surface area contributed by atoms with Crippen LogP contribution in [0.15, 0.2) is 36.7 Å². The van der Waals surface area contributed by atoms with Crippen LogP contribution in [0.1, 0.15) is 41.9 Å². The lowest BCUT2D eigenvalue weighted by Crippen LogP contribution is -2.30. The topological polar surface area (TPSA) is 107 Å². The van der Waals surface area contributed by atoms with E-state index in [-0.39, 0.29) is 11.9 Å². The average Bonchev–Trinajstić information content (AvgIpc) is 3.39. The number of rotatable bonds is 2. The summed E-state index contributed by atoms with van der Waals surface area (Å²) in [4.78, 5) is 17.1. The Morgan fingerprint density at radius 2 is 2.00 bits per heavy atom. The number of H-pyrrole nitrogens is 1. The fraction of sp³-hybridized carbons (Fsp3) is 0.280. The van der Waals surface area contributed by atoms with E-state index in [1.54, 1.807) is 29.2 Å². The van der Waals surface area contributed by atoms with E-state index in [0.29, 0.717) is 36.8 Å². The molecule has 0 spiro atoms. The van der Waals surface area contributed by atoms with Crippen LogP contribution < -0.4 is 14.8 Å². The van der Waals surface area contributed by atoms with Gasteiger partial charge in [-0.3, -0.25) is 14.9 Å². The van der Waals surface area contributed by atoms with Gasteiger partial charge in [0.2, 0.25) is 5.88 Å². The van der Waals surface area contributed by atoms with Gasteiger partial charge in [-0.15, -0.1) is 0 Å². The predicted octanol–water partition coefficient (Wildman–Crippen LogP) is 3.83. The molecule has 4 heterocycles. The van der Waals surface area contributed by atoms with Crippen molar-refractivity contribution in [3.05, 3.63) is 53.5 Å². The Morgan fingerprint density at radius 3 is 2.85 bits per heavy atom. The highest BCUT2D eigenvalue weighted by Gasteiger charge is 2.16. The van der Waals surface area contributed by atoms with Gasteiger partial charge in [0.15, 0.2) is 0 Å². The number of pyridine rings is 1. The van der Waals surface area contributed by atoms with E-state index in [1.807, 2.05) is 45.2 Å². The van der Waals surface area contributed by atoms with Gasteiger partial charge in [0, 0.05) is 36.0 Å². The van der Waals surface area contributed by atoms with Crippen LogP contribution in [-0.4, -0.2) is 50.1 Å². The Bertz CT molecular complexity index is 1380. The molecule has 3 aromatic heterocycles. The molecule has 4 aromatic rings. The maximum absolute atomic E-state index is 12.5. The number of aromatic nitrogens is 5. The third-order valence-corrected chi connectivity index (χ3v) is 5.54. The second-order valence-corrected chi connectivity index (χ2v) is 8.48. The van der Waals surface area contributed by atoms with Gasteiger partial charge in [0.05, 0.1) is 48.1 Å². The van der Waals surface area contributed by atoms with Gasteiger partial charge in [-0.1, -0.05) is 6.07 Å². The minimum atomic E-state index is -0.133. The molecule has 5 rings (SSSR count). The maximum Gasteiger partial charge on any atom is 0.251 e. The van der Waals surface area contributed by atoms with Gasteiger partial charge < -0.3 is 14.8 Å². The summed E-state index contributed by atoms with van der Waals surface area (Å²) in [6.07, 6.45) is 8.05. The molecule has 0 saturated heterocycles. The Labute approximate surface area is 196 Å². The van der Waals surface area contributed by atoms with Gasteiger partial charge >= 0.3 is 0 Å². The zero-order valence-corrected chi connectivity index (χ0v) is 19.3. The first-order chi connectivity index (χ1) is 16.5. The van der Waals surface area contributed by atoms with Crippen molar-refractivity contribution < 1.29 is 14.3 Å². The summed E-state index contributed by atoms with van der Waals surface area (Å²) in [6.45, 7) is 4.75. The second kappa shape index (κ2) is 9.01. The Kier molecular flexibility index (Phi) is 5.75. The Balaban J connectivity index is 1.57. The fourth-order valence-electron chi connectivity index (χ4n) is 3.85. The van der Waals surface area contributed by atoms with E-state index >= 15 is 0 Å². The van der Waals surface area contributed by atoms with Gasteiger partial charge in [-0.2, -0.15) is 10.2 Å². The summed E-state index contributed by atoms with van der Waals surface area (Å²) in [5.74, 6) is 1.15. The zero-order chi connectivity index (χ0) is 23.7. The third kappa shape index (κ3) is 4.24. The summed E-state index contributed by atoms with van der Waals surface area (Å²) in [5, 5.41) is 15.7. The smallest absolute Gasteiger partial charge is 0.251 e. The van der Waals surface area contributed by atoms with E-state index in [1.165, 1.54) is 0 Å². The lowest BCUT2D eigenvalue weighted by molar-refractivity contribution is 0.0942. The highest BCUT2D eigenvalue weighted by Crippen LogP contribution is 2.31. The summed E-state index contributed by atoms with van der Waals surface area (Å²) < 4.78 is 13.8. The van der Waals surface area contributed by atoms with Crippen molar-refractivity contribution in [1.29, 1.82) is 0 Å². The molecule has 1 aromatic carbocycles. The average molecular weight is 459 g/mol. The van der Waals surface area contributed by atoms with Gasteiger partial charge in [-0.05, 0) is 44.2 Å². The minimum Gasteiger partial charge on any atom is -0.493 e. The zero-order valence-electron chi connectivity index (χ0n) is 19.3. The first-order valence-electron chi connectivity index (χ1n) is 11.2. The van der Waals surface area contributed by atoms with Crippen molar-refractivity contribution in [2.75, 3.05) is 13.2 Å². The number of aryl methyl sites for hydroxylation is 1. The molecule has 0 fully saturated rings. The van der Waals surface area contributed by atoms with E-state index in [9.17, 15) is 4.79 Å². The van der Waals surface area contributed by atoms with Gasteiger partial charge in [0.25, 0.3) is 5.91 Å². The molecular formula is C25H26N6O3. The summed E-state index contributed by atoms with van der Waals surface area (Å²) in [7, 11) is 1.84. The normalized spacial score (nSPS) is 14.5. The predicted molar refractivity (Wildman–Crippen MR) is 130 cm³/mol. The molecule has 1 aliphatic heterocycles. The molecule has 0 radical (unpaired) electrons. The van der Waals surface area contributed by atoms with Gasteiger partial charge in [0.1, 0.15) is 5.75 Å². The van der Waals surface area contributed by atoms with E-state index in [4.69, 9.17) is 9.47 Å². The number of ether oxygens (including phenoxy) is 2. The fourth-order valence-corrected chi connectivity index (χ4v) is 3.85.